The van der Waals surface area contributed by atoms with Crippen molar-refractivity contribution < 1.29 is 9.53 Å². The fourth-order valence-corrected chi connectivity index (χ4v) is 2.70. The average molecular weight is 293 g/mol. The molecule has 1 aromatic rings. The Kier molecular flexibility index (Phi) is 4.66. The number of hydrogen-bond donors (Lipinski definition) is 0. The Balaban J connectivity index is 2.54. The summed E-state index contributed by atoms with van der Waals surface area (Å²) in [6.45, 7) is 1.94. The molecule has 0 saturated carbocycles. The number of nitrogens with zero attached hydrogens (tertiary/aromatic N) is 2. The Hall–Kier alpha value is -0.490. The van der Waals surface area contributed by atoms with E-state index in [-0.39, 0.29) is 5.97 Å². The van der Waals surface area contributed by atoms with Gasteiger partial charge < -0.3 is 4.74 Å². The molecule has 15 heavy (non-hydrogen) atoms. The van der Waals surface area contributed by atoms with Crippen LogP contribution in [0.25, 0.3) is 0 Å². The number of thioether (sulfide) groups is 1. The van der Waals surface area contributed by atoms with E-state index in [9.17, 15) is 4.79 Å². The minimum Gasteiger partial charge on any atom is -0.468 e. The van der Waals surface area contributed by atoms with Crippen LogP contribution in [0.2, 0.25) is 0 Å². The van der Waals surface area contributed by atoms with E-state index in [1.165, 1.54) is 18.9 Å². The summed E-state index contributed by atoms with van der Waals surface area (Å²) in [6, 6.07) is 0. The van der Waals surface area contributed by atoms with Gasteiger partial charge >= 0.3 is 5.97 Å². The first-order chi connectivity index (χ1) is 7.06. The molecule has 0 bridgehead atoms. The van der Waals surface area contributed by atoms with Gasteiger partial charge in [0.05, 0.1) is 28.7 Å². The summed E-state index contributed by atoms with van der Waals surface area (Å²) >= 11 is 4.99. The quantitative estimate of drug-likeness (QED) is 0.795. The van der Waals surface area contributed by atoms with Crippen LogP contribution in [0, 0.1) is 6.92 Å². The predicted octanol–water partition coefficient (Wildman–Crippen LogP) is 1.90. The van der Waals surface area contributed by atoms with Gasteiger partial charge in [-0.2, -0.15) is 5.10 Å². The third kappa shape index (κ3) is 3.24. The van der Waals surface area contributed by atoms with E-state index in [1.807, 2.05) is 18.7 Å². The van der Waals surface area contributed by atoms with Gasteiger partial charge in [0.1, 0.15) is 0 Å². The summed E-state index contributed by atoms with van der Waals surface area (Å²) in [5.41, 5.74) is 2.05. The van der Waals surface area contributed by atoms with Crippen molar-refractivity contribution in [3.8, 4) is 0 Å². The summed E-state index contributed by atoms with van der Waals surface area (Å²) in [5.74, 6) is 0.912. The highest BCUT2D eigenvalue weighted by Gasteiger charge is 2.11. The molecule has 0 aliphatic carbocycles. The van der Waals surface area contributed by atoms with Crippen molar-refractivity contribution in [1.29, 1.82) is 0 Å². The van der Waals surface area contributed by atoms with E-state index >= 15 is 0 Å². The standard InChI is InChI=1S/C9H13BrN2O2S/c1-6-9(10)7(12(2)11-6)4-15-5-8(13)14-3/h4-5H2,1-3H3. The molecule has 0 fully saturated rings. The van der Waals surface area contributed by atoms with E-state index in [4.69, 9.17) is 0 Å². The highest BCUT2D eigenvalue weighted by atomic mass is 79.9. The largest absolute Gasteiger partial charge is 0.468 e. The summed E-state index contributed by atoms with van der Waals surface area (Å²) in [7, 11) is 3.29. The fraction of sp³-hybridized carbons (Fsp3) is 0.556. The number of carbonyl (C=O) groups excluding carboxylic acids is 1. The van der Waals surface area contributed by atoms with Gasteiger partial charge in [-0.05, 0) is 22.9 Å². The first-order valence-electron chi connectivity index (χ1n) is 4.38. The van der Waals surface area contributed by atoms with Crippen LogP contribution < -0.4 is 0 Å². The van der Waals surface area contributed by atoms with Crippen LogP contribution in [-0.4, -0.2) is 28.6 Å². The van der Waals surface area contributed by atoms with Gasteiger partial charge in [0, 0.05) is 12.8 Å². The van der Waals surface area contributed by atoms with Crippen LogP contribution in [0.5, 0.6) is 0 Å². The Morgan fingerprint density at radius 1 is 1.67 bits per heavy atom. The molecule has 0 unspecified atom stereocenters. The van der Waals surface area contributed by atoms with Crippen LogP contribution in [0.15, 0.2) is 4.47 Å². The molecular formula is C9H13BrN2O2S. The molecule has 84 valence electrons. The molecule has 0 aliphatic heterocycles. The van der Waals surface area contributed by atoms with E-state index < -0.39 is 0 Å². The van der Waals surface area contributed by atoms with Gasteiger partial charge in [0.15, 0.2) is 0 Å². The molecule has 0 radical (unpaired) electrons. The Morgan fingerprint density at radius 2 is 2.33 bits per heavy atom. The lowest BCUT2D eigenvalue weighted by molar-refractivity contribution is -0.137. The van der Waals surface area contributed by atoms with E-state index in [2.05, 4.69) is 25.8 Å². The molecule has 0 aliphatic rings. The van der Waals surface area contributed by atoms with Crippen molar-refractivity contribution in [2.45, 2.75) is 12.7 Å². The minimum absolute atomic E-state index is 0.199. The van der Waals surface area contributed by atoms with Crippen molar-refractivity contribution in [1.82, 2.24) is 9.78 Å². The Bertz CT molecular complexity index is 365. The molecule has 0 atom stereocenters. The summed E-state index contributed by atoms with van der Waals surface area (Å²) < 4.78 is 7.40. The Labute approximate surface area is 101 Å². The zero-order valence-electron chi connectivity index (χ0n) is 8.91. The number of esters is 1. The maximum absolute atomic E-state index is 10.9. The minimum atomic E-state index is -0.199. The zero-order valence-corrected chi connectivity index (χ0v) is 11.3. The summed E-state index contributed by atoms with van der Waals surface area (Å²) in [4.78, 5) is 10.9. The van der Waals surface area contributed by atoms with Gasteiger partial charge in [-0.1, -0.05) is 0 Å². The molecule has 0 amide bonds. The van der Waals surface area contributed by atoms with Crippen LogP contribution in [-0.2, 0) is 22.3 Å². The van der Waals surface area contributed by atoms with E-state index in [0.29, 0.717) is 5.75 Å². The number of ether oxygens (including phenoxy) is 1. The number of aryl methyl sites for hydroxylation is 2. The van der Waals surface area contributed by atoms with Crippen LogP contribution in [0.4, 0.5) is 0 Å². The smallest absolute Gasteiger partial charge is 0.315 e. The second kappa shape index (κ2) is 5.55. The number of hydrogen-bond acceptors (Lipinski definition) is 4. The molecular weight excluding hydrogens is 280 g/mol. The summed E-state index contributed by atoms with van der Waals surface area (Å²) in [6.07, 6.45) is 0. The third-order valence-electron chi connectivity index (χ3n) is 1.95. The molecule has 1 heterocycles. The number of carbonyl (C=O) groups is 1. The van der Waals surface area contributed by atoms with Crippen molar-refractivity contribution >= 4 is 33.7 Å². The average Bonchev–Trinajstić information content (AvgIpc) is 2.44. The van der Waals surface area contributed by atoms with Gasteiger partial charge in [0.2, 0.25) is 0 Å². The molecule has 0 N–H and O–H groups in total. The van der Waals surface area contributed by atoms with Crippen LogP contribution >= 0.6 is 27.7 Å². The highest BCUT2D eigenvalue weighted by molar-refractivity contribution is 9.10. The number of aromatic nitrogens is 2. The van der Waals surface area contributed by atoms with Gasteiger partial charge in [-0.3, -0.25) is 9.48 Å². The van der Waals surface area contributed by atoms with E-state index in [0.717, 1.165) is 21.6 Å². The Morgan fingerprint density at radius 3 is 2.80 bits per heavy atom. The number of methoxy groups -OCH3 is 1. The van der Waals surface area contributed by atoms with E-state index in [1.54, 1.807) is 0 Å². The second-order valence-corrected chi connectivity index (χ2v) is 4.82. The SMILES string of the molecule is COC(=O)CSCc1c(Br)c(C)nn1C. The maximum Gasteiger partial charge on any atom is 0.315 e. The van der Waals surface area contributed by atoms with Crippen molar-refractivity contribution in [2.24, 2.45) is 7.05 Å². The molecule has 4 nitrogen and oxygen atoms in total. The van der Waals surface area contributed by atoms with Gasteiger partial charge in [0.25, 0.3) is 0 Å². The molecule has 1 rings (SSSR count). The lowest BCUT2D eigenvalue weighted by atomic mass is 10.4. The maximum atomic E-state index is 10.9. The van der Waals surface area contributed by atoms with Crippen LogP contribution in [0.1, 0.15) is 11.4 Å². The van der Waals surface area contributed by atoms with Gasteiger partial charge in [-0.25, -0.2) is 0 Å². The van der Waals surface area contributed by atoms with Gasteiger partial charge in [-0.15, -0.1) is 11.8 Å². The molecule has 0 saturated heterocycles. The highest BCUT2D eigenvalue weighted by Crippen LogP contribution is 2.24. The van der Waals surface area contributed by atoms with Crippen LogP contribution in [0.3, 0.4) is 0 Å². The molecule has 6 heteroatoms. The lowest BCUT2D eigenvalue weighted by Gasteiger charge is -2.02. The molecule has 1 aromatic heterocycles. The van der Waals surface area contributed by atoms with Crippen molar-refractivity contribution in [2.75, 3.05) is 12.9 Å². The monoisotopic (exact) mass is 292 g/mol. The number of rotatable bonds is 4. The first kappa shape index (κ1) is 12.6. The fourth-order valence-electron chi connectivity index (χ4n) is 1.13. The second-order valence-electron chi connectivity index (χ2n) is 3.04. The van der Waals surface area contributed by atoms with Crippen molar-refractivity contribution in [3.05, 3.63) is 15.9 Å². The topological polar surface area (TPSA) is 44.1 Å². The zero-order chi connectivity index (χ0) is 11.4. The molecule has 0 spiro atoms. The third-order valence-corrected chi connectivity index (χ3v) is 3.90. The predicted molar refractivity (Wildman–Crippen MR) is 63.8 cm³/mol. The lowest BCUT2D eigenvalue weighted by Crippen LogP contribution is -2.04. The molecule has 0 aromatic carbocycles. The number of halogens is 1. The van der Waals surface area contributed by atoms with Crippen molar-refractivity contribution in [3.63, 3.8) is 0 Å². The summed E-state index contributed by atoms with van der Waals surface area (Å²) in [5, 5.41) is 4.27. The normalized spacial score (nSPS) is 10.4. The first-order valence-corrected chi connectivity index (χ1v) is 6.33.